The zero-order valence-corrected chi connectivity index (χ0v) is 27.2. The number of hydrogen-bond acceptors (Lipinski definition) is 11. The van der Waals surface area contributed by atoms with Gasteiger partial charge in [0, 0.05) is 24.3 Å². The fourth-order valence-electron chi connectivity index (χ4n) is 3.21. The molecule has 0 saturated carbocycles. The molecule has 0 spiro atoms. The summed E-state index contributed by atoms with van der Waals surface area (Å²) in [5.74, 6) is -0.159. The van der Waals surface area contributed by atoms with E-state index in [0.717, 1.165) is 6.07 Å². The topological polar surface area (TPSA) is 183 Å². The lowest BCUT2D eigenvalue weighted by Crippen LogP contribution is -1.98. The van der Waals surface area contributed by atoms with Crippen molar-refractivity contribution in [2.24, 2.45) is 0 Å². The maximum Gasteiger partial charge on any atom is 0.168 e. The van der Waals surface area contributed by atoms with Crippen molar-refractivity contribution in [3.8, 4) is 42.2 Å². The zero-order valence-electron chi connectivity index (χ0n) is 27.2. The van der Waals surface area contributed by atoms with Gasteiger partial charge in [-0.25, -0.2) is 28.1 Å². The van der Waals surface area contributed by atoms with Crippen LogP contribution in [0.15, 0.2) is 72.8 Å². The Morgan fingerprint density at radius 3 is 1.32 bits per heavy atom. The maximum atomic E-state index is 13.0. The van der Waals surface area contributed by atoms with Gasteiger partial charge >= 0.3 is 0 Å². The van der Waals surface area contributed by atoms with Crippen LogP contribution in [0.4, 0.5) is 17.6 Å². The van der Waals surface area contributed by atoms with Crippen molar-refractivity contribution in [2.75, 3.05) is 28.4 Å². The third kappa shape index (κ3) is 15.9. The molecule has 4 aromatic carbocycles. The predicted octanol–water partition coefficient (Wildman–Crippen LogP) is 6.29. The van der Waals surface area contributed by atoms with Crippen molar-refractivity contribution in [3.05, 3.63) is 118 Å². The number of carbonyl (C=O) groups excluding carboxylic acids is 2. The first kappa shape index (κ1) is 45.7. The molecule has 0 unspecified atom stereocenters. The van der Waals surface area contributed by atoms with Crippen molar-refractivity contribution in [2.45, 2.75) is 12.7 Å². The van der Waals surface area contributed by atoms with Crippen molar-refractivity contribution < 1.29 is 56.3 Å². The van der Waals surface area contributed by atoms with Crippen LogP contribution in [0, 0.1) is 58.3 Å². The summed E-state index contributed by atoms with van der Waals surface area (Å²) in [5.41, 5.74) is 0.222. The Morgan fingerprint density at radius 1 is 0.640 bits per heavy atom. The number of rotatable bonds is 8. The second kappa shape index (κ2) is 26.6. The van der Waals surface area contributed by atoms with Gasteiger partial charge in [0.1, 0.15) is 46.3 Å². The SMILES string of the molecule is C#N.C#N.COc1ccc(F)c(C=O)c1.COc1ccc(F)c(C=O)c1.COc1ccc(F)c(CO)c1.COc1ccc(F)c([C@@H](O)C#N)c1. The first-order chi connectivity index (χ1) is 24.0. The average Bonchev–Trinajstić information content (AvgIpc) is 3.17. The van der Waals surface area contributed by atoms with E-state index < -0.39 is 29.4 Å². The van der Waals surface area contributed by atoms with E-state index in [1.54, 1.807) is 0 Å². The molecule has 0 bridgehead atoms. The van der Waals surface area contributed by atoms with Gasteiger partial charge in [-0.2, -0.15) is 5.26 Å². The molecule has 264 valence electrons. The van der Waals surface area contributed by atoms with Crippen molar-refractivity contribution in [1.82, 2.24) is 0 Å². The van der Waals surface area contributed by atoms with E-state index in [2.05, 4.69) is 13.1 Å². The van der Waals surface area contributed by atoms with Crippen LogP contribution < -0.4 is 18.9 Å². The highest BCUT2D eigenvalue weighted by molar-refractivity contribution is 5.76. The van der Waals surface area contributed by atoms with E-state index in [4.69, 9.17) is 44.9 Å². The normalized spacial score (nSPS) is 9.38. The van der Waals surface area contributed by atoms with E-state index in [-0.39, 0.29) is 28.9 Å². The average molecular weight is 700 g/mol. The first-order valence-electron chi connectivity index (χ1n) is 13.5. The molecule has 0 aromatic heterocycles. The number of aliphatic hydroxyl groups is 2. The van der Waals surface area contributed by atoms with Crippen LogP contribution in [0.5, 0.6) is 23.0 Å². The van der Waals surface area contributed by atoms with Gasteiger partial charge < -0.3 is 29.2 Å². The quantitative estimate of drug-likeness (QED) is 0.120. The number of aliphatic hydroxyl groups excluding tert-OH is 2. The Hall–Kier alpha value is -6.47. The molecule has 0 aliphatic heterocycles. The second-order valence-corrected chi connectivity index (χ2v) is 8.55. The van der Waals surface area contributed by atoms with Crippen molar-refractivity contribution in [1.29, 1.82) is 15.8 Å². The van der Waals surface area contributed by atoms with Crippen molar-refractivity contribution in [3.63, 3.8) is 0 Å². The highest BCUT2D eigenvalue weighted by atomic mass is 19.1. The predicted molar refractivity (Wildman–Crippen MR) is 172 cm³/mol. The molecular weight excluding hydrogens is 666 g/mol. The number of methoxy groups -OCH3 is 4. The molecule has 15 heteroatoms. The minimum Gasteiger partial charge on any atom is -0.497 e. The fraction of sp³-hybridized carbons (Fsp3) is 0.171. The molecule has 2 N–H and O–H groups in total. The Labute approximate surface area is 286 Å². The third-order valence-electron chi connectivity index (χ3n) is 5.70. The Balaban J connectivity index is 0. The van der Waals surface area contributed by atoms with Gasteiger partial charge in [-0.15, -0.1) is 0 Å². The molecule has 4 aromatic rings. The number of carbonyl (C=O) groups is 2. The molecule has 0 saturated heterocycles. The lowest BCUT2D eigenvalue weighted by molar-refractivity contribution is 0.111. The fourth-order valence-corrected chi connectivity index (χ4v) is 3.21. The van der Waals surface area contributed by atoms with Crippen LogP contribution in [-0.2, 0) is 6.61 Å². The van der Waals surface area contributed by atoms with Gasteiger partial charge in [0.25, 0.3) is 0 Å². The highest BCUT2D eigenvalue weighted by Gasteiger charge is 2.12. The van der Waals surface area contributed by atoms with Gasteiger partial charge in [0.05, 0.1) is 52.2 Å². The summed E-state index contributed by atoms with van der Waals surface area (Å²) in [7, 11) is 5.84. The lowest BCUT2D eigenvalue weighted by Gasteiger charge is -2.06. The summed E-state index contributed by atoms with van der Waals surface area (Å²) < 4.78 is 70.1. The minimum atomic E-state index is -1.45. The third-order valence-corrected chi connectivity index (χ3v) is 5.70. The summed E-state index contributed by atoms with van der Waals surface area (Å²) in [6, 6.07) is 17.7. The van der Waals surface area contributed by atoms with Crippen molar-refractivity contribution >= 4 is 12.6 Å². The molecule has 50 heavy (non-hydrogen) atoms. The maximum absolute atomic E-state index is 13.0. The molecule has 0 heterocycles. The van der Waals surface area contributed by atoms with Crippen LogP contribution in [0.1, 0.15) is 37.9 Å². The van der Waals surface area contributed by atoms with Gasteiger partial charge in [0.15, 0.2) is 18.7 Å². The molecule has 1 atom stereocenters. The number of nitrogens with zero attached hydrogens (tertiary/aromatic N) is 3. The molecular formula is C35H33F4N3O8. The van der Waals surface area contributed by atoms with Gasteiger partial charge in [0.2, 0.25) is 0 Å². The van der Waals surface area contributed by atoms with Crippen LogP contribution in [0.25, 0.3) is 0 Å². The lowest BCUT2D eigenvalue weighted by atomic mass is 10.1. The smallest absolute Gasteiger partial charge is 0.168 e. The zero-order chi connectivity index (χ0) is 38.6. The molecule has 0 amide bonds. The van der Waals surface area contributed by atoms with E-state index in [0.29, 0.717) is 35.6 Å². The number of ether oxygens (including phenoxy) is 4. The number of hydrogen-bond donors (Lipinski definition) is 2. The molecule has 0 radical (unpaired) electrons. The molecule has 0 aliphatic rings. The monoisotopic (exact) mass is 699 g/mol. The van der Waals surface area contributed by atoms with E-state index in [1.165, 1.54) is 101 Å². The number of aldehydes is 2. The van der Waals surface area contributed by atoms with E-state index in [1.807, 2.05) is 0 Å². The minimum absolute atomic E-state index is 0.0179. The summed E-state index contributed by atoms with van der Waals surface area (Å²) in [4.78, 5) is 20.4. The first-order valence-corrected chi connectivity index (χ1v) is 13.5. The second-order valence-electron chi connectivity index (χ2n) is 8.55. The molecule has 11 nitrogen and oxygen atoms in total. The van der Waals surface area contributed by atoms with Gasteiger partial charge in [-0.05, 0) is 72.8 Å². The highest BCUT2D eigenvalue weighted by Crippen LogP contribution is 2.22. The largest absolute Gasteiger partial charge is 0.497 e. The Kier molecular flexibility index (Phi) is 24.3. The standard InChI is InChI=1S/C9H8FNO2.C8H9FO2.2C8H7FO2.2CHN/c1-13-6-2-3-8(10)7(4-6)9(12)5-11;3*1-11-7-2-3-8(9)6(4-7)5-10;2*1-2/h2-4,9,12H,1H3;2-4,10H,5H2,1H3;2*2-5H,1H3;2*1H/t9-;;;;;/m0...../s1. The number of benzene rings is 4. The number of halogens is 4. The van der Waals surface area contributed by atoms with Crippen LogP contribution >= 0.6 is 0 Å². The summed E-state index contributed by atoms with van der Waals surface area (Å²) in [6.07, 6.45) is -0.537. The van der Waals surface area contributed by atoms with Gasteiger partial charge in [-0.1, -0.05) is 0 Å². The van der Waals surface area contributed by atoms with Crippen LogP contribution in [-0.4, -0.2) is 51.2 Å². The molecule has 0 fully saturated rings. The van der Waals surface area contributed by atoms with E-state index in [9.17, 15) is 27.2 Å². The summed E-state index contributed by atoms with van der Waals surface area (Å²) >= 11 is 0. The summed E-state index contributed by atoms with van der Waals surface area (Å²) in [6.45, 7) is 6.70. The van der Waals surface area contributed by atoms with Gasteiger partial charge in [-0.3, -0.25) is 9.59 Å². The summed E-state index contributed by atoms with van der Waals surface area (Å²) in [5, 5.41) is 39.1. The number of nitriles is 3. The Bertz CT molecular complexity index is 1650. The van der Waals surface area contributed by atoms with Crippen LogP contribution in [0.3, 0.4) is 0 Å². The van der Waals surface area contributed by atoms with Crippen LogP contribution in [0.2, 0.25) is 0 Å². The van der Waals surface area contributed by atoms with E-state index >= 15 is 0 Å². The molecule has 0 aliphatic carbocycles. The molecule has 4 rings (SSSR count). The Morgan fingerprint density at radius 2 is 0.980 bits per heavy atom.